The Balaban J connectivity index is 2.31. The van der Waals surface area contributed by atoms with E-state index in [-0.39, 0.29) is 18.0 Å². The van der Waals surface area contributed by atoms with Crippen molar-refractivity contribution < 1.29 is 9.21 Å². The van der Waals surface area contributed by atoms with Gasteiger partial charge in [-0.15, -0.1) is 0 Å². The van der Waals surface area contributed by atoms with Gasteiger partial charge >= 0.3 is 0 Å². The first-order chi connectivity index (χ1) is 7.59. The minimum absolute atomic E-state index is 0.0606. The molecule has 88 valence electrons. The van der Waals surface area contributed by atoms with Gasteiger partial charge < -0.3 is 15.1 Å². The van der Waals surface area contributed by atoms with Crippen LogP contribution in [0.5, 0.6) is 0 Å². The van der Waals surface area contributed by atoms with Crippen molar-refractivity contribution in [1.82, 2.24) is 4.90 Å². The number of likely N-dealkylation sites (tertiary alicyclic amines) is 1. The van der Waals surface area contributed by atoms with E-state index in [1.54, 1.807) is 11.9 Å². The number of amides is 1. The van der Waals surface area contributed by atoms with Crippen molar-refractivity contribution in [3.8, 4) is 0 Å². The van der Waals surface area contributed by atoms with E-state index in [9.17, 15) is 4.79 Å². The third-order valence-corrected chi connectivity index (χ3v) is 3.46. The summed E-state index contributed by atoms with van der Waals surface area (Å²) in [5.41, 5.74) is 6.10. The van der Waals surface area contributed by atoms with Gasteiger partial charge in [-0.2, -0.15) is 0 Å². The summed E-state index contributed by atoms with van der Waals surface area (Å²) >= 11 is 3.26. The van der Waals surface area contributed by atoms with Crippen LogP contribution in [0.2, 0.25) is 0 Å². The van der Waals surface area contributed by atoms with E-state index in [0.717, 1.165) is 18.6 Å². The Morgan fingerprint density at radius 3 is 2.94 bits per heavy atom. The first-order valence-corrected chi connectivity index (χ1v) is 6.15. The first kappa shape index (κ1) is 11.7. The van der Waals surface area contributed by atoms with Crippen molar-refractivity contribution in [1.29, 1.82) is 0 Å². The average molecular weight is 287 g/mol. The maximum Gasteiger partial charge on any atom is 0.222 e. The third kappa shape index (κ3) is 2.15. The van der Waals surface area contributed by atoms with Gasteiger partial charge in [0, 0.05) is 19.5 Å². The molecular weight excluding hydrogens is 272 g/mol. The highest BCUT2D eigenvalue weighted by Gasteiger charge is 2.32. The molecule has 1 amide bonds. The number of likely N-dealkylation sites (N-methyl/N-ethyl adjacent to an activating group) is 1. The van der Waals surface area contributed by atoms with Gasteiger partial charge in [-0.05, 0) is 40.9 Å². The normalized spacial score (nSPS) is 26.9. The number of furan rings is 1. The Labute approximate surface area is 103 Å². The maximum atomic E-state index is 11.8. The molecule has 0 bridgehead atoms. The summed E-state index contributed by atoms with van der Waals surface area (Å²) < 4.78 is 6.18. The van der Waals surface area contributed by atoms with Crippen LogP contribution in [0.1, 0.15) is 31.1 Å². The van der Waals surface area contributed by atoms with Crippen molar-refractivity contribution in [2.24, 2.45) is 5.73 Å². The molecule has 4 nitrogen and oxygen atoms in total. The number of hydrogen-bond donors (Lipinski definition) is 1. The van der Waals surface area contributed by atoms with Crippen molar-refractivity contribution in [3.63, 3.8) is 0 Å². The van der Waals surface area contributed by atoms with Gasteiger partial charge in [0.25, 0.3) is 0 Å². The van der Waals surface area contributed by atoms with Gasteiger partial charge in [-0.25, -0.2) is 0 Å². The lowest BCUT2D eigenvalue weighted by molar-refractivity contribution is -0.132. The number of nitrogens with two attached hydrogens (primary N) is 1. The maximum absolute atomic E-state index is 11.8. The van der Waals surface area contributed by atoms with Gasteiger partial charge in [0.2, 0.25) is 5.91 Å². The van der Waals surface area contributed by atoms with Gasteiger partial charge in [0.1, 0.15) is 11.8 Å². The number of halogens is 1. The number of carbonyl (C=O) groups is 1. The molecular formula is C11H15BrN2O2. The molecule has 1 fully saturated rings. The lowest BCUT2D eigenvalue weighted by Gasteiger charge is -2.28. The molecule has 1 saturated heterocycles. The van der Waals surface area contributed by atoms with E-state index in [1.807, 2.05) is 12.1 Å². The molecule has 1 aromatic heterocycles. The summed E-state index contributed by atoms with van der Waals surface area (Å²) in [6.45, 7) is 0. The number of rotatable bonds is 1. The second-order valence-electron chi connectivity index (χ2n) is 4.15. The van der Waals surface area contributed by atoms with Crippen LogP contribution in [-0.2, 0) is 4.79 Å². The second kappa shape index (κ2) is 4.59. The molecule has 0 radical (unpaired) electrons. The topological polar surface area (TPSA) is 59.5 Å². The molecule has 1 aromatic rings. The zero-order valence-corrected chi connectivity index (χ0v) is 10.7. The monoisotopic (exact) mass is 286 g/mol. The minimum atomic E-state index is -0.152. The summed E-state index contributed by atoms with van der Waals surface area (Å²) in [7, 11) is 1.79. The van der Waals surface area contributed by atoms with E-state index in [1.165, 1.54) is 0 Å². The van der Waals surface area contributed by atoms with Crippen LogP contribution in [0.25, 0.3) is 0 Å². The summed E-state index contributed by atoms with van der Waals surface area (Å²) in [6, 6.07) is 3.48. The van der Waals surface area contributed by atoms with Crippen LogP contribution in [0.15, 0.2) is 21.2 Å². The number of hydrogen-bond acceptors (Lipinski definition) is 3. The lowest BCUT2D eigenvalue weighted by atomic mass is 10.0. The lowest BCUT2D eigenvalue weighted by Crippen LogP contribution is -2.39. The smallest absolute Gasteiger partial charge is 0.222 e. The predicted molar refractivity (Wildman–Crippen MR) is 63.7 cm³/mol. The highest BCUT2D eigenvalue weighted by Crippen LogP contribution is 2.31. The standard InChI is InChI=1S/C11H15BrN2O2/c1-14-10(15)4-2-3-7(13)11(14)8-5-6-9(12)16-8/h5-7,11H,2-4,13H2,1H3. The van der Waals surface area contributed by atoms with Crippen molar-refractivity contribution in [3.05, 3.63) is 22.6 Å². The van der Waals surface area contributed by atoms with Gasteiger partial charge in [0.15, 0.2) is 4.67 Å². The van der Waals surface area contributed by atoms with E-state index in [0.29, 0.717) is 11.1 Å². The SMILES string of the molecule is CN1C(=O)CCCC(N)C1c1ccc(Br)o1. The Hall–Kier alpha value is -0.810. The molecule has 1 aliphatic rings. The molecule has 2 rings (SSSR count). The van der Waals surface area contributed by atoms with Gasteiger partial charge in [-0.1, -0.05) is 0 Å². The molecule has 2 unspecified atom stereocenters. The molecule has 1 aliphatic heterocycles. The van der Waals surface area contributed by atoms with Crippen LogP contribution >= 0.6 is 15.9 Å². The highest BCUT2D eigenvalue weighted by molar-refractivity contribution is 9.10. The second-order valence-corrected chi connectivity index (χ2v) is 4.93. The van der Waals surface area contributed by atoms with Crippen molar-refractivity contribution in [2.75, 3.05) is 7.05 Å². The number of nitrogens with zero attached hydrogens (tertiary/aromatic N) is 1. The molecule has 0 aromatic carbocycles. The number of carbonyl (C=O) groups excluding carboxylic acids is 1. The zero-order valence-electron chi connectivity index (χ0n) is 9.15. The Morgan fingerprint density at radius 2 is 2.31 bits per heavy atom. The van der Waals surface area contributed by atoms with Crippen LogP contribution in [0.3, 0.4) is 0 Å². The van der Waals surface area contributed by atoms with E-state index < -0.39 is 0 Å². The molecule has 5 heteroatoms. The highest BCUT2D eigenvalue weighted by atomic mass is 79.9. The molecule has 2 N–H and O–H groups in total. The average Bonchev–Trinajstić information content (AvgIpc) is 2.59. The Kier molecular flexibility index (Phi) is 3.35. The molecule has 0 saturated carbocycles. The minimum Gasteiger partial charge on any atom is -0.452 e. The molecule has 2 heterocycles. The van der Waals surface area contributed by atoms with E-state index in [4.69, 9.17) is 10.2 Å². The molecule has 2 atom stereocenters. The molecule has 16 heavy (non-hydrogen) atoms. The van der Waals surface area contributed by atoms with Crippen LogP contribution < -0.4 is 5.73 Å². The fraction of sp³-hybridized carbons (Fsp3) is 0.545. The fourth-order valence-electron chi connectivity index (χ4n) is 2.15. The van der Waals surface area contributed by atoms with Crippen LogP contribution in [-0.4, -0.2) is 23.9 Å². The predicted octanol–water partition coefficient (Wildman–Crippen LogP) is 2.05. The fourth-order valence-corrected chi connectivity index (χ4v) is 2.47. The Bertz CT molecular complexity index is 391. The third-order valence-electron chi connectivity index (χ3n) is 3.03. The quantitative estimate of drug-likeness (QED) is 0.860. The zero-order chi connectivity index (χ0) is 11.7. The van der Waals surface area contributed by atoms with Gasteiger partial charge in [0.05, 0.1) is 0 Å². The largest absolute Gasteiger partial charge is 0.452 e. The Morgan fingerprint density at radius 1 is 1.56 bits per heavy atom. The molecule has 0 spiro atoms. The molecule has 0 aliphatic carbocycles. The summed E-state index contributed by atoms with van der Waals surface area (Å²) in [5.74, 6) is 0.877. The first-order valence-electron chi connectivity index (χ1n) is 5.36. The van der Waals surface area contributed by atoms with Crippen LogP contribution in [0, 0.1) is 0 Å². The van der Waals surface area contributed by atoms with E-state index >= 15 is 0 Å². The summed E-state index contributed by atoms with van der Waals surface area (Å²) in [6.07, 6.45) is 2.27. The van der Waals surface area contributed by atoms with Gasteiger partial charge in [-0.3, -0.25) is 4.79 Å². The van der Waals surface area contributed by atoms with E-state index in [2.05, 4.69) is 15.9 Å². The summed E-state index contributed by atoms with van der Waals surface area (Å²) in [4.78, 5) is 13.5. The van der Waals surface area contributed by atoms with Crippen molar-refractivity contribution in [2.45, 2.75) is 31.3 Å². The summed E-state index contributed by atoms with van der Waals surface area (Å²) in [5, 5.41) is 0. The van der Waals surface area contributed by atoms with Crippen LogP contribution in [0.4, 0.5) is 0 Å². The van der Waals surface area contributed by atoms with Crippen molar-refractivity contribution >= 4 is 21.8 Å².